The van der Waals surface area contributed by atoms with Crippen LogP contribution in [0.5, 0.6) is 0 Å². The van der Waals surface area contributed by atoms with Crippen molar-refractivity contribution < 1.29 is 14.3 Å². The molecule has 0 radical (unpaired) electrons. The fourth-order valence-electron chi connectivity index (χ4n) is 3.00. The molecule has 1 aromatic rings. The third kappa shape index (κ3) is 3.86. The van der Waals surface area contributed by atoms with Gasteiger partial charge >= 0.3 is 0 Å². The van der Waals surface area contributed by atoms with Crippen LogP contribution in [-0.2, 0) is 10.4 Å². The molecule has 118 valence electrons. The highest BCUT2D eigenvalue weighted by molar-refractivity contribution is 5.78. The monoisotopic (exact) mass is 294 g/mol. The molecule has 0 bridgehead atoms. The smallest absolute Gasteiger partial charge is 0.234 e. The number of amides is 1. The van der Waals surface area contributed by atoms with Gasteiger partial charge in [-0.05, 0) is 53.1 Å². The molecule has 2 unspecified atom stereocenters. The van der Waals surface area contributed by atoms with Crippen molar-refractivity contribution in [2.24, 2.45) is 0 Å². The van der Waals surface area contributed by atoms with Crippen LogP contribution in [0.4, 0.5) is 0 Å². The predicted octanol–water partition coefficient (Wildman–Crippen LogP) is 1.70. The summed E-state index contributed by atoms with van der Waals surface area (Å²) in [6.45, 7) is 9.08. The molecule has 5 heteroatoms. The van der Waals surface area contributed by atoms with Crippen LogP contribution in [0, 0.1) is 13.8 Å². The third-order valence-electron chi connectivity index (χ3n) is 4.29. The molecule has 2 heterocycles. The molecule has 2 atom stereocenters. The first-order valence-corrected chi connectivity index (χ1v) is 7.60. The van der Waals surface area contributed by atoms with E-state index in [1.165, 1.54) is 0 Å². The average Bonchev–Trinajstić information content (AvgIpc) is 2.94. The topological polar surface area (TPSA) is 65.7 Å². The minimum Gasteiger partial charge on any atom is -0.466 e. The lowest BCUT2D eigenvalue weighted by Gasteiger charge is -2.25. The Morgan fingerprint density at radius 2 is 2.29 bits per heavy atom. The molecule has 1 saturated heterocycles. The highest BCUT2D eigenvalue weighted by Gasteiger charge is 2.29. The standard InChI is InChI=1S/C16H26N2O3/c1-11-6-5-7-18(11)9-15(19)17-10-16(4,20)14-8-12(2)21-13(14)3/h8,11,20H,5-7,9-10H2,1-4H3,(H,17,19). The zero-order valence-electron chi connectivity index (χ0n) is 13.4. The molecule has 1 aliphatic heterocycles. The van der Waals surface area contributed by atoms with Crippen molar-refractivity contribution in [2.75, 3.05) is 19.6 Å². The van der Waals surface area contributed by atoms with Crippen LogP contribution in [0.1, 0.15) is 43.8 Å². The maximum absolute atomic E-state index is 12.0. The summed E-state index contributed by atoms with van der Waals surface area (Å²) in [5.41, 5.74) is -0.386. The van der Waals surface area contributed by atoms with Crippen molar-refractivity contribution in [1.82, 2.24) is 10.2 Å². The molecule has 2 N–H and O–H groups in total. The molecule has 0 saturated carbocycles. The van der Waals surface area contributed by atoms with Gasteiger partial charge in [0.15, 0.2) is 0 Å². The van der Waals surface area contributed by atoms with Gasteiger partial charge in [0.2, 0.25) is 5.91 Å². The van der Waals surface area contributed by atoms with Crippen molar-refractivity contribution in [3.8, 4) is 0 Å². The summed E-state index contributed by atoms with van der Waals surface area (Å²) in [7, 11) is 0. The quantitative estimate of drug-likeness (QED) is 0.867. The summed E-state index contributed by atoms with van der Waals surface area (Å²) in [5.74, 6) is 1.42. The van der Waals surface area contributed by atoms with Crippen LogP contribution in [0.3, 0.4) is 0 Å². The number of rotatable bonds is 5. The van der Waals surface area contributed by atoms with Crippen LogP contribution < -0.4 is 5.32 Å². The maximum Gasteiger partial charge on any atom is 0.234 e. The summed E-state index contributed by atoms with van der Waals surface area (Å²) in [6.07, 6.45) is 2.30. The van der Waals surface area contributed by atoms with Gasteiger partial charge in [-0.2, -0.15) is 0 Å². The lowest BCUT2D eigenvalue weighted by molar-refractivity contribution is -0.123. The maximum atomic E-state index is 12.0. The SMILES string of the molecule is Cc1cc(C(C)(O)CNC(=O)CN2CCCC2C)c(C)o1. The van der Waals surface area contributed by atoms with Crippen LogP contribution >= 0.6 is 0 Å². The molecule has 2 rings (SSSR count). The van der Waals surface area contributed by atoms with Crippen molar-refractivity contribution in [1.29, 1.82) is 0 Å². The molecule has 0 spiro atoms. The number of likely N-dealkylation sites (tertiary alicyclic amines) is 1. The number of furan rings is 1. The fraction of sp³-hybridized carbons (Fsp3) is 0.688. The van der Waals surface area contributed by atoms with Crippen LogP contribution in [0.25, 0.3) is 0 Å². The van der Waals surface area contributed by atoms with Gasteiger partial charge in [0.1, 0.15) is 17.1 Å². The highest BCUT2D eigenvalue weighted by atomic mass is 16.3. The second kappa shape index (κ2) is 6.20. The zero-order chi connectivity index (χ0) is 15.6. The minimum atomic E-state index is -1.12. The van der Waals surface area contributed by atoms with Gasteiger partial charge in [0.05, 0.1) is 13.1 Å². The lowest BCUT2D eigenvalue weighted by Crippen LogP contribution is -2.44. The molecule has 1 aliphatic rings. The Labute approximate surface area is 126 Å². The fourth-order valence-corrected chi connectivity index (χ4v) is 3.00. The Kier molecular flexibility index (Phi) is 4.74. The van der Waals surface area contributed by atoms with Crippen LogP contribution in [0.15, 0.2) is 10.5 Å². The minimum absolute atomic E-state index is 0.0399. The number of aryl methyl sites for hydroxylation is 2. The van der Waals surface area contributed by atoms with E-state index < -0.39 is 5.60 Å². The summed E-state index contributed by atoms with van der Waals surface area (Å²) in [4.78, 5) is 14.2. The van der Waals surface area contributed by atoms with E-state index in [0.717, 1.165) is 30.7 Å². The molecular weight excluding hydrogens is 268 g/mol. The summed E-state index contributed by atoms with van der Waals surface area (Å²) >= 11 is 0. The molecule has 0 aliphatic carbocycles. The number of hydrogen-bond acceptors (Lipinski definition) is 4. The number of carbonyl (C=O) groups is 1. The van der Waals surface area contributed by atoms with Gasteiger partial charge in [-0.3, -0.25) is 9.69 Å². The van der Waals surface area contributed by atoms with E-state index in [4.69, 9.17) is 4.42 Å². The number of carbonyl (C=O) groups excluding carboxylic acids is 1. The number of aliphatic hydroxyl groups is 1. The largest absolute Gasteiger partial charge is 0.466 e. The second-order valence-electron chi connectivity index (χ2n) is 6.34. The van der Waals surface area contributed by atoms with E-state index in [0.29, 0.717) is 18.3 Å². The normalized spacial score (nSPS) is 22.2. The van der Waals surface area contributed by atoms with E-state index in [-0.39, 0.29) is 12.5 Å². The van der Waals surface area contributed by atoms with Gasteiger partial charge < -0.3 is 14.8 Å². The van der Waals surface area contributed by atoms with Gasteiger partial charge in [0, 0.05) is 11.6 Å². The first-order valence-electron chi connectivity index (χ1n) is 7.60. The number of hydrogen-bond donors (Lipinski definition) is 2. The second-order valence-corrected chi connectivity index (χ2v) is 6.34. The predicted molar refractivity (Wildman–Crippen MR) is 81.0 cm³/mol. The van der Waals surface area contributed by atoms with Gasteiger partial charge in [-0.15, -0.1) is 0 Å². The lowest BCUT2D eigenvalue weighted by atomic mass is 9.96. The molecular formula is C16H26N2O3. The number of nitrogens with one attached hydrogen (secondary N) is 1. The Morgan fingerprint density at radius 1 is 1.57 bits per heavy atom. The zero-order valence-corrected chi connectivity index (χ0v) is 13.4. The van der Waals surface area contributed by atoms with Crippen molar-refractivity contribution >= 4 is 5.91 Å². The van der Waals surface area contributed by atoms with E-state index >= 15 is 0 Å². The summed E-state index contributed by atoms with van der Waals surface area (Å²) in [6, 6.07) is 2.29. The molecule has 1 amide bonds. The van der Waals surface area contributed by atoms with Gasteiger partial charge in [-0.1, -0.05) is 0 Å². The molecule has 1 aromatic heterocycles. The molecule has 0 aromatic carbocycles. The number of nitrogens with zero attached hydrogens (tertiary/aromatic N) is 1. The van der Waals surface area contributed by atoms with Crippen molar-refractivity contribution in [2.45, 2.75) is 52.2 Å². The van der Waals surface area contributed by atoms with Crippen LogP contribution in [-0.4, -0.2) is 41.6 Å². The first-order chi connectivity index (χ1) is 9.79. The Bertz CT molecular complexity index is 508. The Hall–Kier alpha value is -1.33. The molecule has 1 fully saturated rings. The van der Waals surface area contributed by atoms with Crippen molar-refractivity contribution in [3.63, 3.8) is 0 Å². The Balaban J connectivity index is 1.89. The van der Waals surface area contributed by atoms with Gasteiger partial charge in [-0.25, -0.2) is 0 Å². The van der Waals surface area contributed by atoms with Crippen molar-refractivity contribution in [3.05, 3.63) is 23.2 Å². The van der Waals surface area contributed by atoms with E-state index in [1.807, 2.05) is 19.9 Å². The van der Waals surface area contributed by atoms with Gasteiger partial charge in [0.25, 0.3) is 0 Å². The van der Waals surface area contributed by atoms with E-state index in [1.54, 1.807) is 6.92 Å². The first kappa shape index (κ1) is 16.0. The average molecular weight is 294 g/mol. The Morgan fingerprint density at radius 3 is 2.81 bits per heavy atom. The molecule has 5 nitrogen and oxygen atoms in total. The van der Waals surface area contributed by atoms with E-state index in [9.17, 15) is 9.90 Å². The summed E-state index contributed by atoms with van der Waals surface area (Å²) in [5, 5.41) is 13.4. The summed E-state index contributed by atoms with van der Waals surface area (Å²) < 4.78 is 5.45. The van der Waals surface area contributed by atoms with Crippen LogP contribution in [0.2, 0.25) is 0 Å². The van der Waals surface area contributed by atoms with E-state index in [2.05, 4.69) is 17.1 Å². The molecule has 21 heavy (non-hydrogen) atoms. The highest BCUT2D eigenvalue weighted by Crippen LogP contribution is 2.26. The third-order valence-corrected chi connectivity index (χ3v) is 4.29.